The summed E-state index contributed by atoms with van der Waals surface area (Å²) in [7, 11) is 1.69. The molecular weight excluding hydrogens is 368 g/mol. The molecule has 2 aliphatic carbocycles. The third-order valence-electron chi connectivity index (χ3n) is 6.32. The Morgan fingerprint density at radius 1 is 1.14 bits per heavy atom. The van der Waals surface area contributed by atoms with Gasteiger partial charge in [0.05, 0.1) is 18.4 Å². The lowest BCUT2D eigenvalue weighted by atomic mass is 9.85. The highest BCUT2D eigenvalue weighted by molar-refractivity contribution is 6.06. The van der Waals surface area contributed by atoms with E-state index in [1.807, 2.05) is 30.3 Å². The van der Waals surface area contributed by atoms with Crippen LogP contribution in [0.4, 0.5) is 0 Å². The van der Waals surface area contributed by atoms with Crippen molar-refractivity contribution in [1.29, 1.82) is 0 Å². The predicted octanol–water partition coefficient (Wildman–Crippen LogP) is 1.90. The van der Waals surface area contributed by atoms with Gasteiger partial charge in [-0.1, -0.05) is 30.4 Å². The van der Waals surface area contributed by atoms with Gasteiger partial charge < -0.3 is 15.1 Å². The van der Waals surface area contributed by atoms with Crippen LogP contribution in [-0.4, -0.2) is 42.8 Å². The van der Waals surface area contributed by atoms with Crippen molar-refractivity contribution in [1.82, 2.24) is 15.5 Å². The molecule has 3 aliphatic rings. The second kappa shape index (κ2) is 7.06. The van der Waals surface area contributed by atoms with Crippen LogP contribution in [-0.2, 0) is 16.1 Å². The van der Waals surface area contributed by atoms with Crippen molar-refractivity contribution in [2.45, 2.75) is 13.0 Å². The summed E-state index contributed by atoms with van der Waals surface area (Å²) < 4.78 is 5.80. The van der Waals surface area contributed by atoms with Crippen molar-refractivity contribution in [3.63, 3.8) is 0 Å². The molecule has 0 radical (unpaired) electrons. The van der Waals surface area contributed by atoms with Crippen molar-refractivity contribution >= 4 is 28.7 Å². The monoisotopic (exact) mass is 392 g/mol. The highest BCUT2D eigenvalue weighted by Crippen LogP contribution is 2.52. The second-order valence-corrected chi connectivity index (χ2v) is 7.93. The SMILES string of the molecule is CN=C(NCCN1C(=O)C2C3C=CC(C3)C2C1=O)NCc1cc2ccccc2o1. The number of imide groups is 1. The molecule has 2 heterocycles. The molecule has 2 aromatic rings. The minimum absolute atomic E-state index is 0.0103. The minimum Gasteiger partial charge on any atom is -0.459 e. The Hall–Kier alpha value is -3.09. The molecule has 2 fully saturated rings. The lowest BCUT2D eigenvalue weighted by Crippen LogP contribution is -2.43. The zero-order valence-electron chi connectivity index (χ0n) is 16.3. The van der Waals surface area contributed by atoms with Gasteiger partial charge in [-0.25, -0.2) is 0 Å². The Morgan fingerprint density at radius 3 is 2.55 bits per heavy atom. The average Bonchev–Trinajstić information content (AvgIpc) is 3.49. The molecule has 4 unspecified atom stereocenters. The van der Waals surface area contributed by atoms with Crippen molar-refractivity contribution in [2.75, 3.05) is 20.1 Å². The number of nitrogens with zero attached hydrogens (tertiary/aromatic N) is 2. The third kappa shape index (κ3) is 3.01. The summed E-state index contributed by atoms with van der Waals surface area (Å²) in [6.07, 6.45) is 5.18. The molecule has 2 amide bonds. The van der Waals surface area contributed by atoms with Crippen LogP contribution in [0.5, 0.6) is 0 Å². The molecule has 0 spiro atoms. The topological polar surface area (TPSA) is 86.9 Å². The van der Waals surface area contributed by atoms with Gasteiger partial charge >= 0.3 is 0 Å². The molecule has 5 rings (SSSR count). The number of carbonyl (C=O) groups excluding carboxylic acids is 2. The fraction of sp³-hybridized carbons (Fsp3) is 0.409. The number of fused-ring (bicyclic) bond motifs is 6. The van der Waals surface area contributed by atoms with Gasteiger partial charge in [-0.3, -0.25) is 19.5 Å². The second-order valence-electron chi connectivity index (χ2n) is 7.93. The van der Waals surface area contributed by atoms with Gasteiger partial charge in [0.1, 0.15) is 11.3 Å². The number of benzene rings is 1. The van der Waals surface area contributed by atoms with Crippen molar-refractivity contribution in [3.05, 3.63) is 48.2 Å². The summed E-state index contributed by atoms with van der Waals surface area (Å²) in [5.74, 6) is 1.62. The quantitative estimate of drug-likeness (QED) is 0.351. The number of rotatable bonds is 5. The smallest absolute Gasteiger partial charge is 0.233 e. The molecule has 2 N–H and O–H groups in total. The summed E-state index contributed by atoms with van der Waals surface area (Å²) in [5.41, 5.74) is 0.854. The number of aliphatic imine (C=N–C) groups is 1. The highest BCUT2D eigenvalue weighted by Gasteiger charge is 2.58. The number of amides is 2. The van der Waals surface area contributed by atoms with Crippen LogP contribution in [0.2, 0.25) is 0 Å². The summed E-state index contributed by atoms with van der Waals surface area (Å²) >= 11 is 0. The van der Waals surface area contributed by atoms with E-state index >= 15 is 0 Å². The number of guanidine groups is 1. The van der Waals surface area contributed by atoms with Gasteiger partial charge in [-0.05, 0) is 30.4 Å². The van der Waals surface area contributed by atoms with Crippen LogP contribution in [0.1, 0.15) is 12.2 Å². The molecule has 1 aromatic heterocycles. The minimum atomic E-state index is -0.136. The van der Waals surface area contributed by atoms with Crippen LogP contribution < -0.4 is 10.6 Å². The Morgan fingerprint density at radius 2 is 1.86 bits per heavy atom. The van der Waals surface area contributed by atoms with Crippen LogP contribution >= 0.6 is 0 Å². The van der Waals surface area contributed by atoms with E-state index in [4.69, 9.17) is 4.42 Å². The fourth-order valence-electron chi connectivity index (χ4n) is 4.99. The standard InChI is InChI=1S/C22H24N4O3/c1-23-22(25-12-16-11-13-4-2-3-5-17(13)29-16)24-8-9-26-20(27)18-14-6-7-15(10-14)19(18)21(26)28/h2-7,11,14-15,18-19H,8-10,12H2,1H3,(H2,23,24,25). The first-order valence-electron chi connectivity index (χ1n) is 10.1. The van der Waals surface area contributed by atoms with Gasteiger partial charge in [0, 0.05) is 25.5 Å². The Balaban J connectivity index is 1.14. The summed E-state index contributed by atoms with van der Waals surface area (Å²) in [6.45, 7) is 1.31. The van der Waals surface area contributed by atoms with Gasteiger partial charge in [0.2, 0.25) is 11.8 Å². The Kier molecular flexibility index (Phi) is 4.38. The Labute approximate surface area is 168 Å². The maximum absolute atomic E-state index is 12.7. The van der Waals surface area contributed by atoms with Gasteiger partial charge in [0.15, 0.2) is 5.96 Å². The maximum Gasteiger partial charge on any atom is 0.233 e. The first-order valence-corrected chi connectivity index (χ1v) is 10.1. The van der Waals surface area contributed by atoms with Gasteiger partial charge in [0.25, 0.3) is 0 Å². The summed E-state index contributed by atoms with van der Waals surface area (Å²) in [6, 6.07) is 9.87. The van der Waals surface area contributed by atoms with Crippen LogP contribution in [0.15, 0.2) is 51.9 Å². The lowest BCUT2D eigenvalue weighted by Gasteiger charge is -2.18. The number of para-hydroxylation sites is 1. The third-order valence-corrected chi connectivity index (χ3v) is 6.32. The van der Waals surface area contributed by atoms with E-state index < -0.39 is 0 Å². The first kappa shape index (κ1) is 18.0. The molecule has 1 aliphatic heterocycles. The number of hydrogen-bond donors (Lipinski definition) is 2. The molecule has 150 valence electrons. The van der Waals surface area contributed by atoms with Crippen molar-refractivity contribution in [3.8, 4) is 0 Å². The maximum atomic E-state index is 12.7. The molecule has 4 atom stereocenters. The van der Waals surface area contributed by atoms with E-state index in [9.17, 15) is 9.59 Å². The molecule has 1 aromatic carbocycles. The molecule has 7 heteroatoms. The van der Waals surface area contributed by atoms with Crippen molar-refractivity contribution < 1.29 is 14.0 Å². The van der Waals surface area contributed by atoms with Crippen LogP contribution in [0.3, 0.4) is 0 Å². The molecule has 1 saturated carbocycles. The number of allylic oxidation sites excluding steroid dienone is 2. The number of furan rings is 1. The number of likely N-dealkylation sites (tertiary alicyclic amines) is 1. The normalized spacial score (nSPS) is 27.9. The first-order chi connectivity index (χ1) is 14.2. The van der Waals surface area contributed by atoms with E-state index in [0.717, 1.165) is 23.2 Å². The van der Waals surface area contributed by atoms with E-state index in [-0.39, 0.29) is 35.5 Å². The molecular formula is C22H24N4O3. The predicted molar refractivity (Wildman–Crippen MR) is 109 cm³/mol. The summed E-state index contributed by atoms with van der Waals surface area (Å²) in [4.78, 5) is 31.1. The zero-order valence-corrected chi connectivity index (χ0v) is 16.3. The Bertz CT molecular complexity index is 961. The highest BCUT2D eigenvalue weighted by atomic mass is 16.3. The largest absolute Gasteiger partial charge is 0.459 e. The van der Waals surface area contributed by atoms with Crippen LogP contribution in [0, 0.1) is 23.7 Å². The van der Waals surface area contributed by atoms with E-state index in [1.54, 1.807) is 7.05 Å². The number of hydrogen-bond acceptors (Lipinski definition) is 4. The molecule has 7 nitrogen and oxygen atoms in total. The zero-order chi connectivity index (χ0) is 20.0. The van der Waals surface area contributed by atoms with Crippen molar-refractivity contribution in [2.24, 2.45) is 28.7 Å². The fourth-order valence-corrected chi connectivity index (χ4v) is 4.99. The van der Waals surface area contributed by atoms with Crippen LogP contribution in [0.25, 0.3) is 11.0 Å². The van der Waals surface area contributed by atoms with E-state index in [2.05, 4.69) is 27.8 Å². The summed E-state index contributed by atoms with van der Waals surface area (Å²) in [5, 5.41) is 7.45. The average molecular weight is 392 g/mol. The number of carbonyl (C=O) groups is 2. The van der Waals surface area contributed by atoms with E-state index in [0.29, 0.717) is 25.6 Å². The number of nitrogens with one attached hydrogen (secondary N) is 2. The van der Waals surface area contributed by atoms with Gasteiger partial charge in [-0.2, -0.15) is 0 Å². The molecule has 1 saturated heterocycles. The lowest BCUT2D eigenvalue weighted by molar-refractivity contribution is -0.140. The molecule has 2 bridgehead atoms. The molecule has 29 heavy (non-hydrogen) atoms. The van der Waals surface area contributed by atoms with E-state index in [1.165, 1.54) is 4.90 Å². The van der Waals surface area contributed by atoms with Gasteiger partial charge in [-0.15, -0.1) is 0 Å².